The largest absolute Gasteiger partial charge is 0.319 e. The van der Waals surface area contributed by atoms with Crippen molar-refractivity contribution in [1.29, 1.82) is 0 Å². The summed E-state index contributed by atoms with van der Waals surface area (Å²) in [6, 6.07) is 7.04. The summed E-state index contributed by atoms with van der Waals surface area (Å²) in [6.45, 7) is 5.54. The summed E-state index contributed by atoms with van der Waals surface area (Å²) in [5.74, 6) is 1.60. The highest BCUT2D eigenvalue weighted by Crippen LogP contribution is 2.37. The molecule has 1 aromatic carbocycles. The van der Waals surface area contributed by atoms with Gasteiger partial charge in [-0.15, -0.1) is 0 Å². The van der Waals surface area contributed by atoms with E-state index in [-0.39, 0.29) is 0 Å². The van der Waals surface area contributed by atoms with Gasteiger partial charge in [-0.3, -0.25) is 0 Å². The molecule has 1 heteroatoms. The summed E-state index contributed by atoms with van der Waals surface area (Å²) < 4.78 is 0. The van der Waals surface area contributed by atoms with Crippen molar-refractivity contribution in [2.24, 2.45) is 5.92 Å². The number of hydrogen-bond acceptors (Lipinski definition) is 1. The average molecular weight is 231 g/mol. The first kappa shape index (κ1) is 12.6. The van der Waals surface area contributed by atoms with Crippen LogP contribution < -0.4 is 5.32 Å². The summed E-state index contributed by atoms with van der Waals surface area (Å²) in [5.41, 5.74) is 4.35. The summed E-state index contributed by atoms with van der Waals surface area (Å²) in [6.07, 6.45) is 5.68. The van der Waals surface area contributed by atoms with E-state index in [4.69, 9.17) is 0 Å². The van der Waals surface area contributed by atoms with E-state index >= 15 is 0 Å². The van der Waals surface area contributed by atoms with Crippen LogP contribution in [0, 0.1) is 19.8 Å². The van der Waals surface area contributed by atoms with Crippen molar-refractivity contribution in [3.8, 4) is 0 Å². The molecule has 0 amide bonds. The van der Waals surface area contributed by atoms with Gasteiger partial charge in [-0.2, -0.15) is 0 Å². The predicted octanol–water partition coefficient (Wildman–Crippen LogP) is 3.80. The maximum atomic E-state index is 3.38. The smallest absolute Gasteiger partial charge is 0.00198 e. The molecule has 0 saturated heterocycles. The monoisotopic (exact) mass is 231 g/mol. The molecule has 1 aromatic rings. The summed E-state index contributed by atoms with van der Waals surface area (Å²) in [4.78, 5) is 0. The molecule has 1 fully saturated rings. The van der Waals surface area contributed by atoms with Crippen LogP contribution in [0.3, 0.4) is 0 Å². The third-order valence-corrected chi connectivity index (χ3v) is 4.07. The third-order valence-electron chi connectivity index (χ3n) is 4.07. The molecule has 0 heterocycles. The molecule has 1 atom stereocenters. The van der Waals surface area contributed by atoms with Crippen molar-refractivity contribution >= 4 is 0 Å². The predicted molar refractivity (Wildman–Crippen MR) is 74.5 cm³/mol. The highest BCUT2D eigenvalue weighted by Gasteiger charge is 2.25. The van der Waals surface area contributed by atoms with Gasteiger partial charge >= 0.3 is 0 Å². The molecule has 1 saturated carbocycles. The Bertz CT molecular complexity index is 344. The number of aryl methyl sites for hydroxylation is 2. The van der Waals surface area contributed by atoms with Gasteiger partial charge in [0.05, 0.1) is 0 Å². The van der Waals surface area contributed by atoms with Crippen molar-refractivity contribution in [3.05, 3.63) is 34.9 Å². The summed E-state index contributed by atoms with van der Waals surface area (Å²) >= 11 is 0. The molecule has 2 rings (SSSR count). The maximum absolute atomic E-state index is 3.38. The van der Waals surface area contributed by atoms with Crippen LogP contribution in [0.25, 0.3) is 0 Å². The van der Waals surface area contributed by atoms with Gasteiger partial charge in [0.25, 0.3) is 0 Å². The molecule has 0 bridgehead atoms. The lowest BCUT2D eigenvalue weighted by molar-refractivity contribution is 0.421. The standard InChI is InChI=1S/C16H25N/c1-12-8-13(2)10-15(9-12)16(11-17-3)14-6-4-5-7-14/h8-10,14,16-17H,4-7,11H2,1-3H3. The first-order valence-corrected chi connectivity index (χ1v) is 6.93. The van der Waals surface area contributed by atoms with Gasteiger partial charge < -0.3 is 5.32 Å². The van der Waals surface area contributed by atoms with Crippen LogP contribution in [0.4, 0.5) is 0 Å². The molecule has 1 unspecified atom stereocenters. The minimum atomic E-state index is 0.709. The number of hydrogen-bond donors (Lipinski definition) is 1. The van der Waals surface area contributed by atoms with Crippen LogP contribution in [0.2, 0.25) is 0 Å². The minimum Gasteiger partial charge on any atom is -0.319 e. The molecule has 1 aliphatic rings. The molecule has 1 N–H and O–H groups in total. The second kappa shape index (κ2) is 5.68. The van der Waals surface area contributed by atoms with E-state index in [1.54, 1.807) is 5.56 Å². The average Bonchev–Trinajstić information content (AvgIpc) is 2.77. The highest BCUT2D eigenvalue weighted by atomic mass is 14.8. The molecule has 1 aliphatic carbocycles. The first-order chi connectivity index (χ1) is 8.20. The van der Waals surface area contributed by atoms with Gasteiger partial charge in [-0.05, 0) is 51.1 Å². The fourth-order valence-electron chi connectivity index (χ4n) is 3.36. The number of likely N-dealkylation sites (N-methyl/N-ethyl adjacent to an activating group) is 1. The molecule has 0 aromatic heterocycles. The van der Waals surface area contributed by atoms with Crippen LogP contribution in [0.5, 0.6) is 0 Å². The normalized spacial score (nSPS) is 18.5. The third kappa shape index (κ3) is 3.10. The van der Waals surface area contributed by atoms with E-state index < -0.39 is 0 Å². The lowest BCUT2D eigenvalue weighted by atomic mass is 9.83. The van der Waals surface area contributed by atoms with Crippen molar-refractivity contribution in [3.63, 3.8) is 0 Å². The Morgan fingerprint density at radius 2 is 1.71 bits per heavy atom. The molecule has 0 radical (unpaired) electrons. The van der Waals surface area contributed by atoms with Gasteiger partial charge in [0.1, 0.15) is 0 Å². The van der Waals surface area contributed by atoms with Crippen molar-refractivity contribution < 1.29 is 0 Å². The zero-order valence-electron chi connectivity index (χ0n) is 11.4. The molecular weight excluding hydrogens is 206 g/mol. The molecular formula is C16H25N. The number of nitrogens with one attached hydrogen (secondary N) is 1. The van der Waals surface area contributed by atoms with Crippen molar-refractivity contribution in [1.82, 2.24) is 5.32 Å². The fourth-order valence-corrected chi connectivity index (χ4v) is 3.36. The Labute approximate surface area is 106 Å². The van der Waals surface area contributed by atoms with Gasteiger partial charge in [0.15, 0.2) is 0 Å². The van der Waals surface area contributed by atoms with E-state index in [2.05, 4.69) is 44.4 Å². The van der Waals surface area contributed by atoms with E-state index in [1.165, 1.54) is 36.8 Å². The summed E-state index contributed by atoms with van der Waals surface area (Å²) in [7, 11) is 2.07. The van der Waals surface area contributed by atoms with Crippen LogP contribution in [-0.4, -0.2) is 13.6 Å². The van der Waals surface area contributed by atoms with Crippen LogP contribution >= 0.6 is 0 Å². The Hall–Kier alpha value is -0.820. The van der Waals surface area contributed by atoms with E-state index in [9.17, 15) is 0 Å². The van der Waals surface area contributed by atoms with Crippen LogP contribution in [0.1, 0.15) is 48.3 Å². The van der Waals surface area contributed by atoms with Gasteiger partial charge in [-0.1, -0.05) is 42.2 Å². The first-order valence-electron chi connectivity index (χ1n) is 6.93. The lowest BCUT2D eigenvalue weighted by Crippen LogP contribution is -2.23. The van der Waals surface area contributed by atoms with Crippen molar-refractivity contribution in [2.45, 2.75) is 45.4 Å². The molecule has 94 valence electrons. The minimum absolute atomic E-state index is 0.709. The van der Waals surface area contributed by atoms with Crippen molar-refractivity contribution in [2.75, 3.05) is 13.6 Å². The van der Waals surface area contributed by atoms with Crippen LogP contribution in [-0.2, 0) is 0 Å². The number of benzene rings is 1. The fraction of sp³-hybridized carbons (Fsp3) is 0.625. The zero-order chi connectivity index (χ0) is 12.3. The van der Waals surface area contributed by atoms with E-state index in [1.807, 2.05) is 0 Å². The topological polar surface area (TPSA) is 12.0 Å². The van der Waals surface area contributed by atoms with Gasteiger partial charge in [0, 0.05) is 6.54 Å². The second-order valence-electron chi connectivity index (χ2n) is 5.63. The molecule has 0 spiro atoms. The van der Waals surface area contributed by atoms with E-state index in [0.717, 1.165) is 12.5 Å². The SMILES string of the molecule is CNCC(c1cc(C)cc(C)c1)C1CCCC1. The Kier molecular flexibility index (Phi) is 4.22. The number of rotatable bonds is 4. The quantitative estimate of drug-likeness (QED) is 0.831. The van der Waals surface area contributed by atoms with Crippen LogP contribution in [0.15, 0.2) is 18.2 Å². The Balaban J connectivity index is 2.24. The lowest BCUT2D eigenvalue weighted by Gasteiger charge is -2.24. The van der Waals surface area contributed by atoms with Gasteiger partial charge in [-0.25, -0.2) is 0 Å². The molecule has 1 nitrogen and oxygen atoms in total. The van der Waals surface area contributed by atoms with E-state index in [0.29, 0.717) is 5.92 Å². The maximum Gasteiger partial charge on any atom is 0.00198 e. The summed E-state index contributed by atoms with van der Waals surface area (Å²) in [5, 5.41) is 3.38. The highest BCUT2D eigenvalue weighted by molar-refractivity contribution is 5.31. The van der Waals surface area contributed by atoms with Gasteiger partial charge in [0.2, 0.25) is 0 Å². The zero-order valence-corrected chi connectivity index (χ0v) is 11.4. The molecule has 0 aliphatic heterocycles. The molecule has 17 heavy (non-hydrogen) atoms. The Morgan fingerprint density at radius 1 is 1.12 bits per heavy atom. The Morgan fingerprint density at radius 3 is 2.24 bits per heavy atom. The second-order valence-corrected chi connectivity index (χ2v) is 5.63.